The topological polar surface area (TPSA) is 50.9 Å². The SMILES string of the molecule is CCCON=C(N)N1Cc2ccc(C)cc2C1. The van der Waals surface area contributed by atoms with Crippen LogP contribution in [0.15, 0.2) is 23.4 Å². The molecule has 17 heavy (non-hydrogen) atoms. The molecule has 2 rings (SSSR count). The Morgan fingerprint density at radius 1 is 1.41 bits per heavy atom. The third-order valence-electron chi connectivity index (χ3n) is 2.86. The molecule has 92 valence electrons. The lowest BCUT2D eigenvalue weighted by molar-refractivity contribution is 0.139. The first-order chi connectivity index (χ1) is 8.20. The van der Waals surface area contributed by atoms with E-state index in [2.05, 4.69) is 30.3 Å². The van der Waals surface area contributed by atoms with Gasteiger partial charge in [0.2, 0.25) is 5.96 Å². The van der Waals surface area contributed by atoms with Crippen LogP contribution >= 0.6 is 0 Å². The molecular formula is C13H19N3O. The Labute approximate surface area is 102 Å². The Hall–Kier alpha value is -1.71. The Morgan fingerprint density at radius 2 is 2.18 bits per heavy atom. The maximum atomic E-state index is 5.89. The van der Waals surface area contributed by atoms with Gasteiger partial charge >= 0.3 is 0 Å². The van der Waals surface area contributed by atoms with Gasteiger partial charge in [0.15, 0.2) is 0 Å². The fourth-order valence-electron chi connectivity index (χ4n) is 1.95. The highest BCUT2D eigenvalue weighted by molar-refractivity contribution is 5.78. The summed E-state index contributed by atoms with van der Waals surface area (Å²) >= 11 is 0. The van der Waals surface area contributed by atoms with Gasteiger partial charge in [-0.2, -0.15) is 0 Å². The molecule has 0 saturated carbocycles. The van der Waals surface area contributed by atoms with Crippen molar-refractivity contribution in [2.75, 3.05) is 6.61 Å². The Balaban J connectivity index is 2.02. The molecule has 0 radical (unpaired) electrons. The summed E-state index contributed by atoms with van der Waals surface area (Å²) in [7, 11) is 0. The van der Waals surface area contributed by atoms with Gasteiger partial charge in [-0.05, 0) is 29.6 Å². The molecule has 4 heteroatoms. The van der Waals surface area contributed by atoms with E-state index < -0.39 is 0 Å². The van der Waals surface area contributed by atoms with Crippen molar-refractivity contribution in [1.29, 1.82) is 0 Å². The molecule has 1 heterocycles. The number of guanidine groups is 1. The highest BCUT2D eigenvalue weighted by Crippen LogP contribution is 2.23. The van der Waals surface area contributed by atoms with Crippen molar-refractivity contribution in [3.05, 3.63) is 34.9 Å². The van der Waals surface area contributed by atoms with Crippen LogP contribution in [0.25, 0.3) is 0 Å². The molecule has 2 N–H and O–H groups in total. The van der Waals surface area contributed by atoms with E-state index >= 15 is 0 Å². The van der Waals surface area contributed by atoms with Crippen molar-refractivity contribution in [1.82, 2.24) is 4.90 Å². The van der Waals surface area contributed by atoms with Crippen LogP contribution in [-0.2, 0) is 17.9 Å². The fourth-order valence-corrected chi connectivity index (χ4v) is 1.95. The summed E-state index contributed by atoms with van der Waals surface area (Å²) in [6.45, 7) is 6.40. The van der Waals surface area contributed by atoms with Gasteiger partial charge in [0.05, 0.1) is 0 Å². The lowest BCUT2D eigenvalue weighted by atomic mass is 10.1. The predicted molar refractivity (Wildman–Crippen MR) is 68.3 cm³/mol. The van der Waals surface area contributed by atoms with Crippen LogP contribution in [0.5, 0.6) is 0 Å². The van der Waals surface area contributed by atoms with Crippen LogP contribution in [-0.4, -0.2) is 17.5 Å². The summed E-state index contributed by atoms with van der Waals surface area (Å²) in [6.07, 6.45) is 0.941. The van der Waals surface area contributed by atoms with Crippen LogP contribution in [0.4, 0.5) is 0 Å². The molecule has 0 bridgehead atoms. The Morgan fingerprint density at radius 3 is 2.94 bits per heavy atom. The fraction of sp³-hybridized carbons (Fsp3) is 0.462. The summed E-state index contributed by atoms with van der Waals surface area (Å²) in [5.41, 5.74) is 9.82. The Bertz CT molecular complexity index is 429. The molecule has 1 aliphatic heterocycles. The smallest absolute Gasteiger partial charge is 0.234 e. The van der Waals surface area contributed by atoms with E-state index in [1.807, 2.05) is 11.8 Å². The maximum Gasteiger partial charge on any atom is 0.234 e. The molecule has 0 saturated heterocycles. The average molecular weight is 233 g/mol. The van der Waals surface area contributed by atoms with Gasteiger partial charge in [-0.1, -0.05) is 30.7 Å². The molecule has 0 atom stereocenters. The van der Waals surface area contributed by atoms with Gasteiger partial charge in [-0.25, -0.2) is 0 Å². The molecule has 0 amide bonds. The normalized spacial score (nSPS) is 14.9. The summed E-state index contributed by atoms with van der Waals surface area (Å²) in [4.78, 5) is 7.13. The molecule has 0 fully saturated rings. The predicted octanol–water partition coefficient (Wildman–Crippen LogP) is 1.97. The molecule has 0 aromatic heterocycles. The highest BCUT2D eigenvalue weighted by atomic mass is 16.6. The quantitative estimate of drug-likeness (QED) is 0.376. The van der Waals surface area contributed by atoms with Gasteiger partial charge in [0.1, 0.15) is 6.61 Å². The van der Waals surface area contributed by atoms with Crippen LogP contribution in [0.3, 0.4) is 0 Å². The minimum Gasteiger partial charge on any atom is -0.393 e. The Kier molecular flexibility index (Phi) is 3.52. The molecule has 0 spiro atoms. The third kappa shape index (κ3) is 2.70. The zero-order chi connectivity index (χ0) is 12.3. The zero-order valence-electron chi connectivity index (χ0n) is 10.4. The van der Waals surface area contributed by atoms with Gasteiger partial charge in [0.25, 0.3) is 0 Å². The number of rotatable bonds is 3. The van der Waals surface area contributed by atoms with Crippen molar-refractivity contribution in [2.24, 2.45) is 10.9 Å². The second-order valence-electron chi connectivity index (χ2n) is 4.41. The van der Waals surface area contributed by atoms with Crippen molar-refractivity contribution in [3.63, 3.8) is 0 Å². The van der Waals surface area contributed by atoms with E-state index in [9.17, 15) is 0 Å². The summed E-state index contributed by atoms with van der Waals surface area (Å²) in [6, 6.07) is 6.49. The van der Waals surface area contributed by atoms with Crippen molar-refractivity contribution >= 4 is 5.96 Å². The molecule has 4 nitrogen and oxygen atoms in total. The molecule has 1 aromatic rings. The minimum atomic E-state index is 0.465. The summed E-state index contributed by atoms with van der Waals surface area (Å²) in [5, 5.41) is 3.92. The summed E-state index contributed by atoms with van der Waals surface area (Å²) < 4.78 is 0. The standard InChI is InChI=1S/C13H19N3O/c1-3-6-17-15-13(14)16-8-11-5-4-10(2)7-12(11)9-16/h4-5,7H,3,6,8-9H2,1-2H3,(H2,14,15). The number of nitrogens with two attached hydrogens (primary N) is 1. The second kappa shape index (κ2) is 5.08. The van der Waals surface area contributed by atoms with E-state index in [4.69, 9.17) is 10.6 Å². The minimum absolute atomic E-state index is 0.465. The number of fused-ring (bicyclic) bond motifs is 1. The third-order valence-corrected chi connectivity index (χ3v) is 2.86. The number of aryl methyl sites for hydroxylation is 1. The van der Waals surface area contributed by atoms with E-state index in [1.165, 1.54) is 16.7 Å². The number of benzene rings is 1. The zero-order valence-corrected chi connectivity index (χ0v) is 10.4. The van der Waals surface area contributed by atoms with Crippen LogP contribution in [0.1, 0.15) is 30.0 Å². The first-order valence-electron chi connectivity index (χ1n) is 5.99. The average Bonchev–Trinajstić information content (AvgIpc) is 2.72. The number of nitrogens with zero attached hydrogens (tertiary/aromatic N) is 2. The molecule has 0 unspecified atom stereocenters. The number of hydrogen-bond donors (Lipinski definition) is 1. The molecule has 0 aliphatic carbocycles. The van der Waals surface area contributed by atoms with E-state index in [0.29, 0.717) is 12.6 Å². The molecule has 1 aromatic carbocycles. The van der Waals surface area contributed by atoms with Crippen molar-refractivity contribution < 1.29 is 4.84 Å². The van der Waals surface area contributed by atoms with Gasteiger partial charge in [-0.3, -0.25) is 0 Å². The second-order valence-corrected chi connectivity index (χ2v) is 4.41. The highest BCUT2D eigenvalue weighted by Gasteiger charge is 2.20. The number of oxime groups is 1. The van der Waals surface area contributed by atoms with E-state index in [-0.39, 0.29) is 0 Å². The van der Waals surface area contributed by atoms with Crippen LogP contribution in [0, 0.1) is 6.92 Å². The first-order valence-corrected chi connectivity index (χ1v) is 5.99. The molecule has 1 aliphatic rings. The van der Waals surface area contributed by atoms with E-state index in [0.717, 1.165) is 19.5 Å². The van der Waals surface area contributed by atoms with Crippen molar-refractivity contribution in [2.45, 2.75) is 33.4 Å². The monoisotopic (exact) mass is 233 g/mol. The first kappa shape index (κ1) is 11.8. The lowest BCUT2D eigenvalue weighted by Gasteiger charge is -2.15. The number of hydrogen-bond acceptors (Lipinski definition) is 2. The van der Waals surface area contributed by atoms with Gasteiger partial charge in [-0.15, -0.1) is 0 Å². The maximum absolute atomic E-state index is 5.89. The van der Waals surface area contributed by atoms with Gasteiger partial charge in [0, 0.05) is 13.1 Å². The van der Waals surface area contributed by atoms with Crippen LogP contribution < -0.4 is 5.73 Å². The van der Waals surface area contributed by atoms with Gasteiger partial charge < -0.3 is 15.5 Å². The largest absolute Gasteiger partial charge is 0.393 e. The molecular weight excluding hydrogens is 214 g/mol. The lowest BCUT2D eigenvalue weighted by Crippen LogP contribution is -2.33. The van der Waals surface area contributed by atoms with Crippen molar-refractivity contribution in [3.8, 4) is 0 Å². The summed E-state index contributed by atoms with van der Waals surface area (Å²) in [5.74, 6) is 0.465. The van der Waals surface area contributed by atoms with Crippen LogP contribution in [0.2, 0.25) is 0 Å². The van der Waals surface area contributed by atoms with E-state index in [1.54, 1.807) is 0 Å².